The lowest BCUT2D eigenvalue weighted by atomic mass is 9.49. The van der Waals surface area contributed by atoms with Crippen molar-refractivity contribution in [3.8, 4) is 23.0 Å². The minimum Gasteiger partial charge on any atom is -0.508 e. The van der Waals surface area contributed by atoms with Crippen LogP contribution >= 0.6 is 0 Å². The molecule has 0 aliphatic heterocycles. The first-order chi connectivity index (χ1) is 31.3. The van der Waals surface area contributed by atoms with Crippen molar-refractivity contribution >= 4 is 0 Å². The van der Waals surface area contributed by atoms with Crippen LogP contribution in [0.1, 0.15) is 175 Å². The fourth-order valence-electron chi connectivity index (χ4n) is 14.8. The Balaban J connectivity index is 1.31. The molecule has 0 saturated heterocycles. The molecule has 6 unspecified atom stereocenters. The number of hydrogen-bond donors (Lipinski definition) is 4. The van der Waals surface area contributed by atoms with E-state index >= 15 is 0 Å². The third kappa shape index (κ3) is 8.36. The Bertz CT molecular complexity index is 2220. The fraction of sp³-hybridized carbons (Fsp3) is 0.516. The van der Waals surface area contributed by atoms with E-state index in [0.29, 0.717) is 58.5 Å². The first kappa shape index (κ1) is 49.2. The summed E-state index contributed by atoms with van der Waals surface area (Å²) in [5.74, 6) is 3.94. The topological polar surface area (TPSA) is 80.9 Å². The van der Waals surface area contributed by atoms with E-state index in [1.165, 1.54) is 33.4 Å². The molecule has 4 heteroatoms. The van der Waals surface area contributed by atoms with E-state index in [1.54, 1.807) is 0 Å². The molecule has 6 atom stereocenters. The lowest BCUT2D eigenvalue weighted by Crippen LogP contribution is -2.50. The summed E-state index contributed by atoms with van der Waals surface area (Å²) in [5, 5.41) is 42.7. The summed E-state index contributed by atoms with van der Waals surface area (Å²) >= 11 is 0. The molecule has 4 N–H and O–H groups in total. The van der Waals surface area contributed by atoms with Gasteiger partial charge in [-0.25, -0.2) is 0 Å². The molecule has 354 valence electrons. The number of rotatable bonds is 14. The Kier molecular flexibility index (Phi) is 14.3. The van der Waals surface area contributed by atoms with Gasteiger partial charge in [-0.3, -0.25) is 0 Å². The van der Waals surface area contributed by atoms with Crippen molar-refractivity contribution in [2.75, 3.05) is 0 Å². The van der Waals surface area contributed by atoms with Crippen molar-refractivity contribution in [2.24, 2.45) is 35.5 Å². The number of aromatic hydroxyl groups is 4. The van der Waals surface area contributed by atoms with Gasteiger partial charge in [0, 0.05) is 21.7 Å². The average Bonchev–Trinajstić information content (AvgIpc) is 3.28. The zero-order valence-electron chi connectivity index (χ0n) is 42.6. The van der Waals surface area contributed by atoms with Gasteiger partial charge in [0.05, 0.1) is 0 Å². The maximum atomic E-state index is 10.7. The molecule has 0 aromatic heterocycles. The highest BCUT2D eigenvalue weighted by Crippen LogP contribution is 2.60. The molecule has 0 spiro atoms. The SMILES string of the molecule is CCCC(c1cccc(C(CCC)(C(C)C)C2CCC(c3ccc(O)c(C)c3)(c3ccc(O)c(C)c3)CC2C)c1)(C(C)C)C1CCC(c2ccc(O)c(C)c2)(c2ccc(O)c(C)c2)CC1C. The third-order valence-corrected chi connectivity index (χ3v) is 18.1. The largest absolute Gasteiger partial charge is 0.508 e. The van der Waals surface area contributed by atoms with Crippen LogP contribution in [-0.2, 0) is 21.7 Å². The van der Waals surface area contributed by atoms with Gasteiger partial charge < -0.3 is 20.4 Å². The normalized spacial score (nSPS) is 22.5. The van der Waals surface area contributed by atoms with Crippen LogP contribution in [-0.4, -0.2) is 20.4 Å². The third-order valence-electron chi connectivity index (χ3n) is 18.1. The van der Waals surface area contributed by atoms with E-state index in [9.17, 15) is 20.4 Å². The molecule has 0 heterocycles. The summed E-state index contributed by atoms with van der Waals surface area (Å²) in [4.78, 5) is 0. The minimum absolute atomic E-state index is 0.0260. The smallest absolute Gasteiger partial charge is 0.118 e. The summed E-state index contributed by atoms with van der Waals surface area (Å²) < 4.78 is 0. The molecule has 5 aromatic rings. The van der Waals surface area contributed by atoms with Gasteiger partial charge in [0.15, 0.2) is 0 Å². The number of phenols is 4. The van der Waals surface area contributed by atoms with Gasteiger partial charge >= 0.3 is 0 Å². The first-order valence-electron chi connectivity index (χ1n) is 25.6. The van der Waals surface area contributed by atoms with Crippen LogP contribution in [0.15, 0.2) is 97.1 Å². The van der Waals surface area contributed by atoms with Crippen LogP contribution in [0.3, 0.4) is 0 Å². The molecular weight excluding hydrogens is 809 g/mol. The van der Waals surface area contributed by atoms with E-state index in [4.69, 9.17) is 0 Å². The molecule has 0 radical (unpaired) electrons. The second-order valence-corrected chi connectivity index (χ2v) is 22.3. The molecule has 66 heavy (non-hydrogen) atoms. The molecule has 5 aromatic carbocycles. The van der Waals surface area contributed by atoms with Crippen molar-refractivity contribution < 1.29 is 20.4 Å². The number of phenolic OH excluding ortho intramolecular Hbond substituents is 4. The maximum Gasteiger partial charge on any atom is 0.118 e. The van der Waals surface area contributed by atoms with E-state index in [2.05, 4.69) is 128 Å². The Hall–Kier alpha value is -4.70. The highest BCUT2D eigenvalue weighted by atomic mass is 16.3. The van der Waals surface area contributed by atoms with Gasteiger partial charge in [0.2, 0.25) is 0 Å². The predicted molar refractivity (Wildman–Crippen MR) is 275 cm³/mol. The summed E-state index contributed by atoms with van der Waals surface area (Å²) in [6.45, 7) is 27.8. The quantitative estimate of drug-likeness (QED) is 0.0895. The zero-order chi connectivity index (χ0) is 47.9. The van der Waals surface area contributed by atoms with Crippen LogP contribution in [0.5, 0.6) is 23.0 Å². The lowest BCUT2D eigenvalue weighted by molar-refractivity contribution is 0.0588. The molecule has 2 aliphatic rings. The van der Waals surface area contributed by atoms with Gasteiger partial charge in [-0.15, -0.1) is 0 Å². The van der Waals surface area contributed by atoms with Gasteiger partial charge in [-0.05, 0) is 194 Å². The molecule has 7 rings (SSSR count). The van der Waals surface area contributed by atoms with Gasteiger partial charge in [-0.2, -0.15) is 0 Å². The van der Waals surface area contributed by atoms with Crippen molar-refractivity contribution in [2.45, 2.75) is 169 Å². The van der Waals surface area contributed by atoms with Crippen LogP contribution in [0.2, 0.25) is 0 Å². The molecular formula is C62H82O4. The summed E-state index contributed by atoms with van der Waals surface area (Å²) in [5.41, 5.74) is 11.2. The lowest BCUT2D eigenvalue weighted by Gasteiger charge is -2.55. The number of aryl methyl sites for hydroxylation is 4. The minimum atomic E-state index is -0.235. The van der Waals surface area contributed by atoms with E-state index in [0.717, 1.165) is 86.5 Å². The number of benzene rings is 5. The Morgan fingerprint density at radius 2 is 0.788 bits per heavy atom. The second-order valence-electron chi connectivity index (χ2n) is 22.3. The Morgan fingerprint density at radius 1 is 0.485 bits per heavy atom. The highest BCUT2D eigenvalue weighted by Gasteiger charge is 2.54. The van der Waals surface area contributed by atoms with E-state index < -0.39 is 0 Å². The number of hydrogen-bond acceptors (Lipinski definition) is 4. The van der Waals surface area contributed by atoms with Crippen molar-refractivity contribution in [3.63, 3.8) is 0 Å². The standard InChI is InChI=1S/C62H82O4/c1-13-28-61(39(3)4,53-26-30-59(37-45(53)11,47-18-22-55(63)41(7)32-47)48-19-23-56(64)42(8)33-48)51-16-15-17-52(36-51)62(29-14-2,40(5)6)54-27-31-60(38-46(54)12,49-20-24-57(65)43(9)34-49)50-21-25-58(66)44(10)35-50/h15-25,32-36,39-40,45-46,53-54,63-66H,13-14,26-31,37-38H2,1-12H3. The van der Waals surface area contributed by atoms with Crippen LogP contribution in [0.25, 0.3) is 0 Å². The van der Waals surface area contributed by atoms with Crippen molar-refractivity contribution in [3.05, 3.63) is 153 Å². The van der Waals surface area contributed by atoms with Gasteiger partial charge in [0.25, 0.3) is 0 Å². The summed E-state index contributed by atoms with van der Waals surface area (Å²) in [6.07, 6.45) is 10.7. The molecule has 0 amide bonds. The predicted octanol–water partition coefficient (Wildman–Crippen LogP) is 16.0. The van der Waals surface area contributed by atoms with E-state index in [-0.39, 0.29) is 21.7 Å². The molecule has 2 saturated carbocycles. The fourth-order valence-corrected chi connectivity index (χ4v) is 14.8. The van der Waals surface area contributed by atoms with Crippen LogP contribution in [0.4, 0.5) is 0 Å². The second kappa shape index (κ2) is 19.1. The van der Waals surface area contributed by atoms with Crippen molar-refractivity contribution in [1.29, 1.82) is 0 Å². The van der Waals surface area contributed by atoms with Crippen LogP contribution < -0.4 is 0 Å². The van der Waals surface area contributed by atoms with Gasteiger partial charge in [-0.1, -0.05) is 141 Å². The summed E-state index contributed by atoms with van der Waals surface area (Å²) in [7, 11) is 0. The van der Waals surface area contributed by atoms with E-state index in [1.807, 2.05) is 52.0 Å². The van der Waals surface area contributed by atoms with Crippen LogP contribution in [0, 0.1) is 63.2 Å². The highest BCUT2D eigenvalue weighted by molar-refractivity contribution is 5.51. The molecule has 0 bridgehead atoms. The molecule has 4 nitrogen and oxygen atoms in total. The maximum absolute atomic E-state index is 10.7. The Morgan fingerprint density at radius 3 is 1.03 bits per heavy atom. The average molecular weight is 891 g/mol. The van der Waals surface area contributed by atoms with Gasteiger partial charge in [0.1, 0.15) is 23.0 Å². The zero-order valence-corrected chi connectivity index (χ0v) is 42.6. The molecule has 2 fully saturated rings. The molecule has 2 aliphatic carbocycles. The Labute approximate surface area is 399 Å². The summed E-state index contributed by atoms with van der Waals surface area (Å²) in [6, 6.07) is 35.1. The first-order valence-corrected chi connectivity index (χ1v) is 25.6. The monoisotopic (exact) mass is 891 g/mol. The van der Waals surface area contributed by atoms with Crippen molar-refractivity contribution in [1.82, 2.24) is 0 Å².